The fourth-order valence-corrected chi connectivity index (χ4v) is 2.62. The van der Waals surface area contributed by atoms with E-state index >= 15 is 0 Å². The molecule has 0 aliphatic heterocycles. The number of carbonyl (C=O) groups is 1. The minimum absolute atomic E-state index is 0.00869. The van der Waals surface area contributed by atoms with Gasteiger partial charge in [0.25, 0.3) is 0 Å². The molecule has 0 bridgehead atoms. The first-order valence-corrected chi connectivity index (χ1v) is 7.75. The molecule has 0 saturated heterocycles. The zero-order valence-corrected chi connectivity index (χ0v) is 13.1. The Kier molecular flexibility index (Phi) is 4.62. The lowest BCUT2D eigenvalue weighted by molar-refractivity contribution is -0.121. The van der Waals surface area contributed by atoms with Crippen LogP contribution < -0.4 is 10.1 Å². The summed E-state index contributed by atoms with van der Waals surface area (Å²) in [5.41, 5.74) is 3.33. The number of H-pyrrole nitrogens is 1. The lowest BCUT2D eigenvalue weighted by Crippen LogP contribution is -2.24. The number of hydrogen-bond acceptors (Lipinski definition) is 2. The van der Waals surface area contributed by atoms with E-state index in [1.807, 2.05) is 55.5 Å². The highest BCUT2D eigenvalue weighted by atomic mass is 16.5. The van der Waals surface area contributed by atoms with Gasteiger partial charge in [0.15, 0.2) is 0 Å². The quantitative estimate of drug-likeness (QED) is 0.731. The van der Waals surface area contributed by atoms with Crippen LogP contribution in [-0.2, 0) is 11.3 Å². The van der Waals surface area contributed by atoms with Crippen molar-refractivity contribution in [1.82, 2.24) is 10.3 Å². The van der Waals surface area contributed by atoms with Gasteiger partial charge in [0.1, 0.15) is 5.75 Å². The molecule has 0 saturated carbocycles. The van der Waals surface area contributed by atoms with Gasteiger partial charge in [-0.15, -0.1) is 0 Å². The van der Waals surface area contributed by atoms with Gasteiger partial charge in [-0.3, -0.25) is 4.79 Å². The first kappa shape index (κ1) is 15.2. The van der Waals surface area contributed by atoms with E-state index in [4.69, 9.17) is 4.74 Å². The van der Waals surface area contributed by atoms with E-state index in [0.717, 1.165) is 27.9 Å². The molecule has 23 heavy (non-hydrogen) atoms. The highest BCUT2D eigenvalue weighted by Gasteiger charge is 2.09. The summed E-state index contributed by atoms with van der Waals surface area (Å²) in [5.74, 6) is 0.776. The Balaban J connectivity index is 1.51. The molecule has 0 unspecified atom stereocenters. The molecule has 118 valence electrons. The van der Waals surface area contributed by atoms with Gasteiger partial charge in [0.05, 0.1) is 13.0 Å². The summed E-state index contributed by atoms with van der Waals surface area (Å²) in [6, 6.07) is 17.6. The summed E-state index contributed by atoms with van der Waals surface area (Å²) in [5, 5.41) is 4.12. The summed E-state index contributed by atoms with van der Waals surface area (Å²) >= 11 is 0. The number of fused-ring (bicyclic) bond motifs is 1. The minimum atomic E-state index is -0.00869. The van der Waals surface area contributed by atoms with Gasteiger partial charge in [0.2, 0.25) is 5.91 Å². The number of aromatic nitrogens is 1. The van der Waals surface area contributed by atoms with Crippen molar-refractivity contribution in [3.63, 3.8) is 0 Å². The van der Waals surface area contributed by atoms with Gasteiger partial charge in [-0.2, -0.15) is 0 Å². The molecule has 4 nitrogen and oxygen atoms in total. The van der Waals surface area contributed by atoms with Crippen molar-refractivity contribution in [1.29, 1.82) is 0 Å². The smallest absolute Gasteiger partial charge is 0.223 e. The summed E-state index contributed by atoms with van der Waals surface area (Å²) < 4.78 is 5.54. The van der Waals surface area contributed by atoms with Crippen LogP contribution in [0.5, 0.6) is 5.75 Å². The number of benzene rings is 2. The SMILES string of the molecule is Cc1[nH]c2ccccc2c1CNC(=O)CCOc1ccccc1. The van der Waals surface area contributed by atoms with Crippen LogP contribution in [0.3, 0.4) is 0 Å². The van der Waals surface area contributed by atoms with Gasteiger partial charge >= 0.3 is 0 Å². The number of para-hydroxylation sites is 2. The van der Waals surface area contributed by atoms with Crippen molar-refractivity contribution in [2.75, 3.05) is 6.61 Å². The molecule has 3 aromatic rings. The van der Waals surface area contributed by atoms with Gasteiger partial charge in [-0.1, -0.05) is 36.4 Å². The van der Waals surface area contributed by atoms with Crippen LogP contribution in [0.15, 0.2) is 54.6 Å². The van der Waals surface area contributed by atoms with Crippen LogP contribution in [-0.4, -0.2) is 17.5 Å². The van der Waals surface area contributed by atoms with Crippen LogP contribution in [0.25, 0.3) is 10.9 Å². The molecular weight excluding hydrogens is 288 g/mol. The molecule has 3 rings (SSSR count). The Morgan fingerprint density at radius 2 is 1.83 bits per heavy atom. The van der Waals surface area contributed by atoms with Gasteiger partial charge in [-0.05, 0) is 30.7 Å². The molecule has 0 atom stereocenters. The second-order valence-electron chi connectivity index (χ2n) is 5.46. The maximum absolute atomic E-state index is 12.0. The summed E-state index contributed by atoms with van der Waals surface area (Å²) in [6.45, 7) is 2.93. The summed E-state index contributed by atoms with van der Waals surface area (Å²) in [4.78, 5) is 15.3. The lowest BCUT2D eigenvalue weighted by atomic mass is 10.1. The van der Waals surface area contributed by atoms with E-state index < -0.39 is 0 Å². The number of aryl methyl sites for hydroxylation is 1. The lowest BCUT2D eigenvalue weighted by Gasteiger charge is -2.07. The molecule has 4 heteroatoms. The highest BCUT2D eigenvalue weighted by Crippen LogP contribution is 2.21. The third-order valence-electron chi connectivity index (χ3n) is 3.83. The minimum Gasteiger partial charge on any atom is -0.493 e. The number of rotatable bonds is 6. The second kappa shape index (κ2) is 7.01. The third-order valence-corrected chi connectivity index (χ3v) is 3.83. The van der Waals surface area contributed by atoms with Crippen molar-refractivity contribution >= 4 is 16.8 Å². The average Bonchev–Trinajstić information content (AvgIpc) is 2.89. The first-order valence-electron chi connectivity index (χ1n) is 7.75. The predicted octanol–water partition coefficient (Wildman–Crippen LogP) is 3.56. The number of nitrogens with one attached hydrogen (secondary N) is 2. The zero-order valence-electron chi connectivity index (χ0n) is 13.1. The number of aromatic amines is 1. The Morgan fingerprint density at radius 3 is 2.65 bits per heavy atom. The molecule has 1 aromatic heterocycles. The highest BCUT2D eigenvalue weighted by molar-refractivity contribution is 5.85. The fraction of sp³-hybridized carbons (Fsp3) is 0.211. The predicted molar refractivity (Wildman–Crippen MR) is 91.4 cm³/mol. The van der Waals surface area contributed by atoms with Crippen molar-refractivity contribution in [2.45, 2.75) is 19.9 Å². The van der Waals surface area contributed by atoms with E-state index in [1.165, 1.54) is 0 Å². The molecule has 0 aliphatic carbocycles. The molecule has 1 amide bonds. The topological polar surface area (TPSA) is 54.1 Å². The zero-order chi connectivity index (χ0) is 16.1. The standard InChI is InChI=1S/C19H20N2O2/c1-14-17(16-9-5-6-10-18(16)21-14)13-20-19(22)11-12-23-15-7-3-2-4-8-15/h2-10,21H,11-13H2,1H3,(H,20,22). The second-order valence-corrected chi connectivity index (χ2v) is 5.46. The summed E-state index contributed by atoms with van der Waals surface area (Å²) in [6.07, 6.45) is 0.344. The molecule has 1 heterocycles. The Morgan fingerprint density at radius 1 is 1.09 bits per heavy atom. The van der Waals surface area contributed by atoms with Gasteiger partial charge in [-0.25, -0.2) is 0 Å². The molecule has 2 N–H and O–H groups in total. The van der Waals surface area contributed by atoms with Crippen LogP contribution in [0.2, 0.25) is 0 Å². The van der Waals surface area contributed by atoms with E-state index in [9.17, 15) is 4.79 Å². The van der Waals surface area contributed by atoms with E-state index in [-0.39, 0.29) is 5.91 Å². The maximum atomic E-state index is 12.0. The molecule has 0 radical (unpaired) electrons. The van der Waals surface area contributed by atoms with Crippen LogP contribution in [0.1, 0.15) is 17.7 Å². The molecule has 2 aromatic carbocycles. The maximum Gasteiger partial charge on any atom is 0.223 e. The molecule has 0 aliphatic rings. The largest absolute Gasteiger partial charge is 0.493 e. The van der Waals surface area contributed by atoms with E-state index in [0.29, 0.717) is 19.6 Å². The monoisotopic (exact) mass is 308 g/mol. The Labute approximate surface area is 135 Å². The number of amides is 1. The average molecular weight is 308 g/mol. The van der Waals surface area contributed by atoms with Gasteiger partial charge in [0, 0.05) is 23.1 Å². The van der Waals surface area contributed by atoms with Crippen molar-refractivity contribution in [3.8, 4) is 5.75 Å². The number of carbonyl (C=O) groups excluding carboxylic acids is 1. The Bertz CT molecular complexity index is 793. The number of hydrogen-bond donors (Lipinski definition) is 2. The van der Waals surface area contributed by atoms with Crippen LogP contribution in [0.4, 0.5) is 0 Å². The molecule has 0 spiro atoms. The van der Waals surface area contributed by atoms with Crippen molar-refractivity contribution < 1.29 is 9.53 Å². The molecule has 0 fully saturated rings. The van der Waals surface area contributed by atoms with Crippen LogP contribution >= 0.6 is 0 Å². The fourth-order valence-electron chi connectivity index (χ4n) is 2.62. The van der Waals surface area contributed by atoms with Crippen molar-refractivity contribution in [2.24, 2.45) is 0 Å². The van der Waals surface area contributed by atoms with E-state index in [1.54, 1.807) is 0 Å². The summed E-state index contributed by atoms with van der Waals surface area (Å²) in [7, 11) is 0. The normalized spacial score (nSPS) is 10.7. The Hall–Kier alpha value is -2.75. The third kappa shape index (κ3) is 3.72. The number of ether oxygens (including phenoxy) is 1. The van der Waals surface area contributed by atoms with Crippen LogP contribution in [0, 0.1) is 6.92 Å². The molecular formula is C19H20N2O2. The van der Waals surface area contributed by atoms with E-state index in [2.05, 4.69) is 16.4 Å². The first-order chi connectivity index (χ1) is 11.2. The van der Waals surface area contributed by atoms with Crippen molar-refractivity contribution in [3.05, 3.63) is 65.9 Å². The van der Waals surface area contributed by atoms with Gasteiger partial charge < -0.3 is 15.0 Å².